The summed E-state index contributed by atoms with van der Waals surface area (Å²) >= 11 is 0. The lowest BCUT2D eigenvalue weighted by molar-refractivity contribution is 0.171. The summed E-state index contributed by atoms with van der Waals surface area (Å²) in [5.74, 6) is 1.99. The summed E-state index contributed by atoms with van der Waals surface area (Å²) in [6, 6.07) is 3.60. The van der Waals surface area contributed by atoms with Crippen molar-refractivity contribution in [3.8, 4) is 17.2 Å². The fourth-order valence-electron chi connectivity index (χ4n) is 2.09. The molecule has 0 bridgehead atoms. The molecular formula is C13H19NO5S. The maximum Gasteiger partial charge on any atom is 0.231 e. The molecule has 20 heavy (non-hydrogen) atoms. The van der Waals surface area contributed by atoms with Crippen molar-refractivity contribution >= 4 is 9.84 Å². The van der Waals surface area contributed by atoms with Crippen molar-refractivity contribution in [1.82, 2.24) is 5.32 Å². The van der Waals surface area contributed by atoms with Gasteiger partial charge in [-0.05, 0) is 24.6 Å². The van der Waals surface area contributed by atoms with Gasteiger partial charge in [-0.2, -0.15) is 0 Å². The molecular weight excluding hydrogens is 282 g/mol. The number of ether oxygens (including phenoxy) is 3. The first-order valence-electron chi connectivity index (χ1n) is 6.26. The van der Waals surface area contributed by atoms with Gasteiger partial charge in [0.25, 0.3) is 0 Å². The maximum absolute atomic E-state index is 11.2. The highest BCUT2D eigenvalue weighted by Crippen LogP contribution is 2.41. The average molecular weight is 301 g/mol. The molecule has 0 spiro atoms. The molecule has 0 amide bonds. The van der Waals surface area contributed by atoms with Crippen LogP contribution in [0.5, 0.6) is 17.2 Å². The molecule has 7 heteroatoms. The van der Waals surface area contributed by atoms with Crippen LogP contribution in [0.3, 0.4) is 0 Å². The molecule has 0 fully saturated rings. The van der Waals surface area contributed by atoms with Crippen molar-refractivity contribution in [2.75, 3.05) is 25.9 Å². The Morgan fingerprint density at radius 3 is 2.80 bits per heavy atom. The van der Waals surface area contributed by atoms with E-state index >= 15 is 0 Å². The Kier molecular flexibility index (Phi) is 4.39. The summed E-state index contributed by atoms with van der Waals surface area (Å²) in [6.45, 7) is 2.56. The molecule has 112 valence electrons. The summed E-state index contributed by atoms with van der Waals surface area (Å²) in [4.78, 5) is 0. The first-order chi connectivity index (χ1) is 9.39. The van der Waals surface area contributed by atoms with Crippen LogP contribution in [0, 0.1) is 0 Å². The molecule has 0 saturated heterocycles. The van der Waals surface area contributed by atoms with Crippen LogP contribution >= 0.6 is 0 Å². The largest absolute Gasteiger partial charge is 0.493 e. The molecule has 1 aromatic carbocycles. The zero-order valence-corrected chi connectivity index (χ0v) is 12.6. The molecule has 1 N–H and O–H groups in total. The molecule has 1 unspecified atom stereocenters. The van der Waals surface area contributed by atoms with E-state index in [0.717, 1.165) is 5.56 Å². The van der Waals surface area contributed by atoms with Crippen LogP contribution < -0.4 is 19.5 Å². The minimum Gasteiger partial charge on any atom is -0.493 e. The zero-order valence-electron chi connectivity index (χ0n) is 11.8. The SMILES string of the molecule is COc1cc(CNC(C)CS(C)(=O)=O)cc2c1OCO2. The van der Waals surface area contributed by atoms with E-state index in [2.05, 4.69) is 5.32 Å². The third-order valence-electron chi connectivity index (χ3n) is 2.93. The number of sulfone groups is 1. The van der Waals surface area contributed by atoms with Gasteiger partial charge in [-0.1, -0.05) is 0 Å². The van der Waals surface area contributed by atoms with Crippen molar-refractivity contribution in [3.63, 3.8) is 0 Å². The van der Waals surface area contributed by atoms with E-state index in [1.54, 1.807) is 7.11 Å². The quantitative estimate of drug-likeness (QED) is 0.843. The molecule has 1 heterocycles. The highest BCUT2D eigenvalue weighted by Gasteiger charge is 2.20. The monoisotopic (exact) mass is 301 g/mol. The third-order valence-corrected chi connectivity index (χ3v) is 4.03. The number of benzene rings is 1. The third kappa shape index (κ3) is 3.77. The molecule has 0 aliphatic carbocycles. The van der Waals surface area contributed by atoms with Crippen LogP contribution in [0.25, 0.3) is 0 Å². The highest BCUT2D eigenvalue weighted by molar-refractivity contribution is 7.90. The Bertz CT molecular complexity index is 585. The molecule has 1 atom stereocenters. The fraction of sp³-hybridized carbons (Fsp3) is 0.538. The van der Waals surface area contributed by atoms with Gasteiger partial charge in [0.2, 0.25) is 12.5 Å². The Labute approximate surface area is 118 Å². The van der Waals surface area contributed by atoms with Crippen molar-refractivity contribution < 1.29 is 22.6 Å². The summed E-state index contributed by atoms with van der Waals surface area (Å²) in [5, 5.41) is 3.17. The van der Waals surface area contributed by atoms with E-state index in [0.29, 0.717) is 23.8 Å². The van der Waals surface area contributed by atoms with Gasteiger partial charge >= 0.3 is 0 Å². The molecule has 0 aromatic heterocycles. The summed E-state index contributed by atoms with van der Waals surface area (Å²) in [7, 11) is -1.41. The second-order valence-electron chi connectivity index (χ2n) is 4.91. The standard InChI is InChI=1S/C13H19NO5S/c1-9(7-20(3,15)16)14-6-10-4-11(17-2)13-12(5-10)18-8-19-13/h4-5,9,14H,6-8H2,1-3H3. The highest BCUT2D eigenvalue weighted by atomic mass is 32.2. The van der Waals surface area contributed by atoms with Crippen molar-refractivity contribution in [2.45, 2.75) is 19.5 Å². The first kappa shape index (κ1) is 14.9. The van der Waals surface area contributed by atoms with Gasteiger partial charge in [0.15, 0.2) is 11.5 Å². The number of nitrogens with one attached hydrogen (secondary N) is 1. The van der Waals surface area contributed by atoms with Crippen LogP contribution in [-0.2, 0) is 16.4 Å². The van der Waals surface area contributed by atoms with E-state index in [4.69, 9.17) is 14.2 Å². The van der Waals surface area contributed by atoms with E-state index in [9.17, 15) is 8.42 Å². The number of fused-ring (bicyclic) bond motifs is 1. The van der Waals surface area contributed by atoms with Gasteiger partial charge in [-0.15, -0.1) is 0 Å². The predicted molar refractivity (Wildman–Crippen MR) is 75.1 cm³/mol. The van der Waals surface area contributed by atoms with Gasteiger partial charge in [-0.25, -0.2) is 8.42 Å². The first-order valence-corrected chi connectivity index (χ1v) is 8.32. The van der Waals surface area contributed by atoms with Gasteiger partial charge < -0.3 is 19.5 Å². The van der Waals surface area contributed by atoms with E-state index in [1.807, 2.05) is 19.1 Å². The summed E-state index contributed by atoms with van der Waals surface area (Å²) in [5.41, 5.74) is 0.950. The minimum absolute atomic E-state index is 0.106. The fourth-order valence-corrected chi connectivity index (χ4v) is 3.12. The van der Waals surface area contributed by atoms with Crippen LogP contribution in [0.1, 0.15) is 12.5 Å². The van der Waals surface area contributed by atoms with Crippen LogP contribution in [0.2, 0.25) is 0 Å². The number of hydrogen-bond acceptors (Lipinski definition) is 6. The second-order valence-corrected chi connectivity index (χ2v) is 7.09. The summed E-state index contributed by atoms with van der Waals surface area (Å²) < 4.78 is 38.3. The minimum atomic E-state index is -2.98. The normalized spacial score (nSPS) is 15.2. The van der Waals surface area contributed by atoms with E-state index in [1.165, 1.54) is 6.26 Å². The van der Waals surface area contributed by atoms with E-state index < -0.39 is 9.84 Å². The van der Waals surface area contributed by atoms with Crippen LogP contribution in [0.4, 0.5) is 0 Å². The van der Waals surface area contributed by atoms with Crippen LogP contribution in [-0.4, -0.2) is 40.4 Å². The zero-order chi connectivity index (χ0) is 14.8. The molecule has 2 rings (SSSR count). The van der Waals surface area contributed by atoms with Crippen LogP contribution in [0.15, 0.2) is 12.1 Å². The Morgan fingerprint density at radius 2 is 2.15 bits per heavy atom. The van der Waals surface area contributed by atoms with Crippen molar-refractivity contribution in [1.29, 1.82) is 0 Å². The lowest BCUT2D eigenvalue weighted by Crippen LogP contribution is -2.32. The van der Waals surface area contributed by atoms with Crippen molar-refractivity contribution in [3.05, 3.63) is 17.7 Å². The Hall–Kier alpha value is -1.47. The van der Waals surface area contributed by atoms with Gasteiger partial charge in [0.05, 0.1) is 12.9 Å². The maximum atomic E-state index is 11.2. The van der Waals surface area contributed by atoms with E-state index in [-0.39, 0.29) is 18.6 Å². The average Bonchev–Trinajstić information content (AvgIpc) is 2.81. The predicted octanol–water partition coefficient (Wildman–Crippen LogP) is 0.947. The second kappa shape index (κ2) is 5.88. The lowest BCUT2D eigenvalue weighted by atomic mass is 10.1. The number of methoxy groups -OCH3 is 1. The molecule has 0 radical (unpaired) electrons. The van der Waals surface area contributed by atoms with Crippen molar-refractivity contribution in [2.24, 2.45) is 0 Å². The molecule has 1 aromatic rings. The van der Waals surface area contributed by atoms with Gasteiger partial charge in [0.1, 0.15) is 9.84 Å². The Morgan fingerprint density at radius 1 is 1.40 bits per heavy atom. The topological polar surface area (TPSA) is 73.9 Å². The number of rotatable bonds is 6. The summed E-state index contributed by atoms with van der Waals surface area (Å²) in [6.07, 6.45) is 1.23. The Balaban J connectivity index is 2.03. The molecule has 1 aliphatic rings. The lowest BCUT2D eigenvalue weighted by Gasteiger charge is -2.14. The molecule has 0 saturated carbocycles. The smallest absolute Gasteiger partial charge is 0.231 e. The number of hydrogen-bond donors (Lipinski definition) is 1. The molecule has 6 nitrogen and oxygen atoms in total. The van der Waals surface area contributed by atoms with Gasteiger partial charge in [-0.3, -0.25) is 0 Å². The van der Waals surface area contributed by atoms with Gasteiger partial charge in [0, 0.05) is 18.8 Å². The molecule has 1 aliphatic heterocycles.